The van der Waals surface area contributed by atoms with Gasteiger partial charge >= 0.3 is 0 Å². The van der Waals surface area contributed by atoms with Gasteiger partial charge in [0.2, 0.25) is 0 Å². The van der Waals surface area contributed by atoms with E-state index in [1.807, 2.05) is 37.8 Å². The summed E-state index contributed by atoms with van der Waals surface area (Å²) in [6, 6.07) is 6.21. The minimum atomic E-state index is 0.953. The lowest BCUT2D eigenvalue weighted by molar-refractivity contribution is 0.768. The largest absolute Gasteiger partial charge is 0.275 e. The van der Waals surface area contributed by atoms with Crippen molar-refractivity contribution < 1.29 is 0 Å². The van der Waals surface area contributed by atoms with Gasteiger partial charge in [-0.15, -0.1) is 11.3 Å². The lowest BCUT2D eigenvalue weighted by Gasteiger charge is -1.99. The molecule has 0 aromatic carbocycles. The minimum Gasteiger partial charge on any atom is -0.275 e. The molecule has 4 aromatic heterocycles. The molecule has 0 atom stereocenters. The molecular formula is C14H10N4S2. The first-order chi connectivity index (χ1) is 9.81. The van der Waals surface area contributed by atoms with Gasteiger partial charge in [-0.1, -0.05) is 0 Å². The van der Waals surface area contributed by atoms with Crippen LogP contribution in [0.4, 0.5) is 0 Å². The normalized spacial score (nSPS) is 11.2. The number of hydrogen-bond donors (Lipinski definition) is 0. The first kappa shape index (κ1) is 11.7. The van der Waals surface area contributed by atoms with Crippen molar-refractivity contribution in [2.24, 2.45) is 7.05 Å². The topological polar surface area (TPSA) is 43.6 Å². The Labute approximate surface area is 123 Å². The highest BCUT2D eigenvalue weighted by atomic mass is 32.1. The number of nitrogens with zero attached hydrogens (tertiary/aromatic N) is 4. The van der Waals surface area contributed by atoms with Crippen molar-refractivity contribution in [3.8, 4) is 21.7 Å². The average molecular weight is 298 g/mol. The first-order valence-corrected chi connectivity index (χ1v) is 7.75. The molecule has 0 unspecified atom stereocenters. The molecule has 4 aromatic rings. The maximum Gasteiger partial charge on any atom is 0.0904 e. The van der Waals surface area contributed by atoms with E-state index in [1.54, 1.807) is 16.0 Å². The highest BCUT2D eigenvalue weighted by molar-refractivity contribution is 7.18. The molecule has 0 radical (unpaired) electrons. The van der Waals surface area contributed by atoms with Gasteiger partial charge in [-0.3, -0.25) is 4.68 Å². The maximum atomic E-state index is 4.81. The molecule has 0 aliphatic carbocycles. The molecule has 0 amide bonds. The molecular weight excluding hydrogens is 288 g/mol. The SMILES string of the molecule is Cn1cc(-c2ccc3scc(-c4ccns4)c3n2)cn1. The van der Waals surface area contributed by atoms with Crippen LogP contribution < -0.4 is 0 Å². The van der Waals surface area contributed by atoms with Gasteiger partial charge in [-0.05, 0) is 29.7 Å². The van der Waals surface area contributed by atoms with Crippen molar-refractivity contribution >= 4 is 33.1 Å². The van der Waals surface area contributed by atoms with Gasteiger partial charge in [0.15, 0.2) is 0 Å². The second-order valence-electron chi connectivity index (χ2n) is 4.47. The Morgan fingerprint density at radius 1 is 1.20 bits per heavy atom. The van der Waals surface area contributed by atoms with Crippen molar-refractivity contribution in [3.63, 3.8) is 0 Å². The summed E-state index contributed by atoms with van der Waals surface area (Å²) in [5.74, 6) is 0. The van der Waals surface area contributed by atoms with E-state index >= 15 is 0 Å². The van der Waals surface area contributed by atoms with Crippen molar-refractivity contribution in [2.75, 3.05) is 0 Å². The van der Waals surface area contributed by atoms with Crippen LogP contribution in [0.1, 0.15) is 0 Å². The Kier molecular flexibility index (Phi) is 2.64. The van der Waals surface area contributed by atoms with Crippen LogP contribution in [0.5, 0.6) is 0 Å². The quantitative estimate of drug-likeness (QED) is 0.565. The van der Waals surface area contributed by atoms with E-state index in [0.717, 1.165) is 21.7 Å². The van der Waals surface area contributed by atoms with E-state index in [0.29, 0.717) is 0 Å². The molecule has 98 valence electrons. The van der Waals surface area contributed by atoms with E-state index in [1.165, 1.54) is 21.8 Å². The monoisotopic (exact) mass is 298 g/mol. The molecule has 6 heteroatoms. The molecule has 0 bridgehead atoms. The maximum absolute atomic E-state index is 4.81. The van der Waals surface area contributed by atoms with Gasteiger partial charge in [-0.2, -0.15) is 5.10 Å². The highest BCUT2D eigenvalue weighted by Crippen LogP contribution is 2.35. The molecule has 4 nitrogen and oxygen atoms in total. The van der Waals surface area contributed by atoms with Crippen LogP contribution in [0.2, 0.25) is 0 Å². The molecule has 0 fully saturated rings. The number of rotatable bonds is 2. The van der Waals surface area contributed by atoms with Gasteiger partial charge in [0, 0.05) is 35.9 Å². The molecule has 0 saturated heterocycles. The number of pyridine rings is 1. The summed E-state index contributed by atoms with van der Waals surface area (Å²) >= 11 is 3.22. The molecule has 0 aliphatic rings. The average Bonchev–Trinajstić information content (AvgIpc) is 3.17. The van der Waals surface area contributed by atoms with Crippen LogP contribution >= 0.6 is 22.9 Å². The Bertz CT molecular complexity index is 874. The second kappa shape index (κ2) is 4.50. The zero-order valence-electron chi connectivity index (χ0n) is 10.6. The number of thiophene rings is 1. The van der Waals surface area contributed by atoms with Crippen LogP contribution in [-0.4, -0.2) is 19.1 Å². The summed E-state index contributed by atoms with van der Waals surface area (Å²) in [5.41, 5.74) is 4.20. The minimum absolute atomic E-state index is 0.953. The summed E-state index contributed by atoms with van der Waals surface area (Å²) in [7, 11) is 1.91. The summed E-state index contributed by atoms with van der Waals surface area (Å²) in [6.07, 6.45) is 5.65. The smallest absolute Gasteiger partial charge is 0.0904 e. The fourth-order valence-corrected chi connectivity index (χ4v) is 3.74. The predicted octanol–water partition coefficient (Wildman–Crippen LogP) is 3.82. The van der Waals surface area contributed by atoms with Gasteiger partial charge in [0.25, 0.3) is 0 Å². The van der Waals surface area contributed by atoms with Gasteiger partial charge in [0.05, 0.1) is 27.0 Å². The molecule has 0 N–H and O–H groups in total. The summed E-state index contributed by atoms with van der Waals surface area (Å²) in [4.78, 5) is 5.97. The third kappa shape index (κ3) is 1.85. The number of hydrogen-bond acceptors (Lipinski definition) is 5. The summed E-state index contributed by atoms with van der Waals surface area (Å²) < 4.78 is 7.16. The molecule has 0 spiro atoms. The summed E-state index contributed by atoms with van der Waals surface area (Å²) in [5, 5.41) is 6.36. The van der Waals surface area contributed by atoms with Gasteiger partial charge in [-0.25, -0.2) is 9.36 Å². The molecule has 0 aliphatic heterocycles. The van der Waals surface area contributed by atoms with E-state index in [4.69, 9.17) is 4.98 Å². The fraction of sp³-hybridized carbons (Fsp3) is 0.0714. The third-order valence-electron chi connectivity index (χ3n) is 3.12. The summed E-state index contributed by atoms with van der Waals surface area (Å²) in [6.45, 7) is 0. The highest BCUT2D eigenvalue weighted by Gasteiger charge is 2.11. The Balaban J connectivity index is 1.92. The van der Waals surface area contributed by atoms with Crippen molar-refractivity contribution in [1.29, 1.82) is 0 Å². The number of aryl methyl sites for hydroxylation is 1. The van der Waals surface area contributed by atoms with E-state index in [2.05, 4.69) is 20.9 Å². The molecule has 4 heterocycles. The Morgan fingerprint density at radius 3 is 2.90 bits per heavy atom. The van der Waals surface area contributed by atoms with Crippen LogP contribution in [0, 0.1) is 0 Å². The van der Waals surface area contributed by atoms with E-state index < -0.39 is 0 Å². The number of aromatic nitrogens is 4. The van der Waals surface area contributed by atoms with Crippen molar-refractivity contribution in [1.82, 2.24) is 19.1 Å². The zero-order valence-corrected chi connectivity index (χ0v) is 12.3. The van der Waals surface area contributed by atoms with E-state index in [9.17, 15) is 0 Å². The van der Waals surface area contributed by atoms with Crippen molar-refractivity contribution in [3.05, 3.63) is 42.2 Å². The standard InChI is InChI=1S/C14H10N4S2/c1-18-7-9(6-15-18)11-2-3-13-14(17-11)10(8-19-13)12-4-5-16-20-12/h2-8H,1H3. The van der Waals surface area contributed by atoms with Crippen LogP contribution in [0.3, 0.4) is 0 Å². The van der Waals surface area contributed by atoms with Gasteiger partial charge in [0.1, 0.15) is 0 Å². The molecule has 20 heavy (non-hydrogen) atoms. The van der Waals surface area contributed by atoms with E-state index in [-0.39, 0.29) is 0 Å². The number of fused-ring (bicyclic) bond motifs is 1. The predicted molar refractivity (Wildman–Crippen MR) is 82.9 cm³/mol. The molecule has 4 rings (SSSR count). The third-order valence-corrected chi connectivity index (χ3v) is 4.84. The zero-order chi connectivity index (χ0) is 13.5. The van der Waals surface area contributed by atoms with Crippen LogP contribution in [0.25, 0.3) is 31.9 Å². The van der Waals surface area contributed by atoms with Crippen molar-refractivity contribution in [2.45, 2.75) is 0 Å². The lowest BCUT2D eigenvalue weighted by atomic mass is 10.2. The molecule has 0 saturated carbocycles. The Hall–Kier alpha value is -2.05. The van der Waals surface area contributed by atoms with Gasteiger partial charge < -0.3 is 0 Å². The van der Waals surface area contributed by atoms with Crippen LogP contribution in [-0.2, 0) is 7.05 Å². The van der Waals surface area contributed by atoms with Crippen LogP contribution in [0.15, 0.2) is 42.2 Å². The fourth-order valence-electron chi connectivity index (χ4n) is 2.16. The lowest BCUT2D eigenvalue weighted by Crippen LogP contribution is -1.85. The Morgan fingerprint density at radius 2 is 2.15 bits per heavy atom. The second-order valence-corrected chi connectivity index (χ2v) is 6.22. The first-order valence-electron chi connectivity index (χ1n) is 6.09.